The Hall–Kier alpha value is -2.04. The lowest BCUT2D eigenvalue weighted by Gasteiger charge is -2.14. The molecule has 1 saturated carbocycles. The molecule has 1 aliphatic carbocycles. The molecule has 1 aliphatic heterocycles. The summed E-state index contributed by atoms with van der Waals surface area (Å²) in [7, 11) is 1.64. The van der Waals surface area contributed by atoms with Gasteiger partial charge < -0.3 is 15.0 Å². The Morgan fingerprint density at radius 2 is 1.87 bits per heavy atom. The van der Waals surface area contributed by atoms with Crippen LogP contribution in [0.2, 0.25) is 0 Å². The molecule has 0 radical (unpaired) electrons. The highest BCUT2D eigenvalue weighted by Gasteiger charge is 2.49. The summed E-state index contributed by atoms with van der Waals surface area (Å²) in [5, 5.41) is 2.96. The lowest BCUT2D eigenvalue weighted by molar-refractivity contribution is -0.133. The number of rotatable bonds is 6. The van der Waals surface area contributed by atoms with Crippen molar-refractivity contribution < 1.29 is 14.3 Å². The van der Waals surface area contributed by atoms with Crippen molar-refractivity contribution in [2.75, 3.05) is 26.7 Å². The molecular weight excluding hydrogens is 292 g/mol. The average Bonchev–Trinajstić information content (AvgIpc) is 3.19. The molecule has 1 saturated heterocycles. The topological polar surface area (TPSA) is 58.6 Å². The molecule has 2 aliphatic rings. The molecule has 0 bridgehead atoms. The Bertz CT molecular complexity index is 564. The van der Waals surface area contributed by atoms with Crippen LogP contribution >= 0.6 is 0 Å². The zero-order valence-electron chi connectivity index (χ0n) is 13.6. The minimum absolute atomic E-state index is 0.0241. The van der Waals surface area contributed by atoms with Crippen molar-refractivity contribution in [1.29, 1.82) is 0 Å². The molecule has 2 amide bonds. The number of methoxy groups -OCH3 is 1. The van der Waals surface area contributed by atoms with Gasteiger partial charge in [-0.15, -0.1) is 0 Å². The maximum absolute atomic E-state index is 12.2. The van der Waals surface area contributed by atoms with Gasteiger partial charge in [0.25, 0.3) is 0 Å². The largest absolute Gasteiger partial charge is 0.497 e. The quantitative estimate of drug-likeness (QED) is 0.867. The second-order valence-corrected chi connectivity index (χ2v) is 6.37. The fraction of sp³-hybridized carbons (Fsp3) is 0.556. The van der Waals surface area contributed by atoms with Gasteiger partial charge in [0.15, 0.2) is 0 Å². The first-order valence-corrected chi connectivity index (χ1v) is 8.38. The fourth-order valence-electron chi connectivity index (χ4n) is 3.18. The highest BCUT2D eigenvalue weighted by molar-refractivity contribution is 5.92. The number of carbonyl (C=O) groups is 2. The van der Waals surface area contributed by atoms with Crippen LogP contribution < -0.4 is 10.1 Å². The van der Waals surface area contributed by atoms with Crippen LogP contribution in [0.1, 0.15) is 24.8 Å². The number of nitrogens with one attached hydrogen (secondary N) is 1. The van der Waals surface area contributed by atoms with E-state index in [0.717, 1.165) is 43.7 Å². The van der Waals surface area contributed by atoms with Gasteiger partial charge in [-0.3, -0.25) is 9.59 Å². The normalized spacial score (nSPS) is 22.7. The Labute approximate surface area is 137 Å². The summed E-state index contributed by atoms with van der Waals surface area (Å²) in [5.74, 6) is 0.848. The number of carbonyl (C=O) groups excluding carboxylic acids is 2. The maximum Gasteiger partial charge on any atom is 0.226 e. The number of likely N-dealkylation sites (tertiary alicyclic amines) is 1. The fourth-order valence-corrected chi connectivity index (χ4v) is 3.18. The second kappa shape index (κ2) is 7.02. The van der Waals surface area contributed by atoms with Gasteiger partial charge in [0.05, 0.1) is 18.9 Å². The molecule has 1 aromatic rings. The first-order valence-electron chi connectivity index (χ1n) is 8.38. The average molecular weight is 316 g/mol. The van der Waals surface area contributed by atoms with Gasteiger partial charge in [0, 0.05) is 19.6 Å². The van der Waals surface area contributed by atoms with Crippen LogP contribution in [-0.4, -0.2) is 43.5 Å². The van der Waals surface area contributed by atoms with E-state index in [-0.39, 0.29) is 23.7 Å². The van der Waals surface area contributed by atoms with E-state index in [0.29, 0.717) is 13.0 Å². The number of ether oxygens (including phenoxy) is 1. The summed E-state index contributed by atoms with van der Waals surface area (Å²) in [6, 6.07) is 7.84. The summed E-state index contributed by atoms with van der Waals surface area (Å²) < 4.78 is 5.12. The molecule has 23 heavy (non-hydrogen) atoms. The SMILES string of the molecule is COc1ccc(CCNC(=O)C2CC2C(=O)N2CCCC2)cc1. The molecule has 5 heteroatoms. The van der Waals surface area contributed by atoms with Gasteiger partial charge >= 0.3 is 0 Å². The van der Waals surface area contributed by atoms with Crippen molar-refractivity contribution in [3.05, 3.63) is 29.8 Å². The summed E-state index contributed by atoms with van der Waals surface area (Å²) in [4.78, 5) is 26.2. The van der Waals surface area contributed by atoms with Crippen molar-refractivity contribution in [2.24, 2.45) is 11.8 Å². The van der Waals surface area contributed by atoms with E-state index in [1.807, 2.05) is 29.2 Å². The van der Waals surface area contributed by atoms with E-state index < -0.39 is 0 Å². The van der Waals surface area contributed by atoms with Gasteiger partial charge in [-0.05, 0) is 43.4 Å². The van der Waals surface area contributed by atoms with Crippen LogP contribution in [0.3, 0.4) is 0 Å². The van der Waals surface area contributed by atoms with Crippen molar-refractivity contribution in [3.8, 4) is 5.75 Å². The van der Waals surface area contributed by atoms with Crippen LogP contribution in [0.15, 0.2) is 24.3 Å². The monoisotopic (exact) mass is 316 g/mol. The summed E-state index contributed by atoms with van der Waals surface area (Å²) in [5.41, 5.74) is 1.16. The van der Waals surface area contributed by atoms with Crippen molar-refractivity contribution in [3.63, 3.8) is 0 Å². The molecule has 2 fully saturated rings. The predicted molar refractivity (Wildman–Crippen MR) is 87.1 cm³/mol. The highest BCUT2D eigenvalue weighted by atomic mass is 16.5. The van der Waals surface area contributed by atoms with Crippen LogP contribution in [0, 0.1) is 11.8 Å². The Morgan fingerprint density at radius 1 is 1.17 bits per heavy atom. The molecule has 1 N–H and O–H groups in total. The third-order valence-corrected chi connectivity index (χ3v) is 4.73. The Balaban J connectivity index is 1.39. The Morgan fingerprint density at radius 3 is 2.52 bits per heavy atom. The zero-order valence-corrected chi connectivity index (χ0v) is 13.6. The van der Waals surface area contributed by atoms with Crippen molar-refractivity contribution in [1.82, 2.24) is 10.2 Å². The smallest absolute Gasteiger partial charge is 0.226 e. The molecule has 3 rings (SSSR count). The molecule has 124 valence electrons. The van der Waals surface area contributed by atoms with Gasteiger partial charge in [-0.25, -0.2) is 0 Å². The third kappa shape index (κ3) is 3.84. The Kier molecular flexibility index (Phi) is 4.84. The lowest BCUT2D eigenvalue weighted by Crippen LogP contribution is -2.32. The number of amides is 2. The van der Waals surface area contributed by atoms with E-state index in [4.69, 9.17) is 4.74 Å². The van der Waals surface area contributed by atoms with Crippen LogP contribution in [0.25, 0.3) is 0 Å². The first kappa shape index (κ1) is 15.8. The van der Waals surface area contributed by atoms with Crippen LogP contribution in [-0.2, 0) is 16.0 Å². The first-order chi connectivity index (χ1) is 11.2. The number of hydrogen-bond donors (Lipinski definition) is 1. The molecule has 0 spiro atoms. The second-order valence-electron chi connectivity index (χ2n) is 6.37. The van der Waals surface area contributed by atoms with E-state index >= 15 is 0 Å². The van der Waals surface area contributed by atoms with Gasteiger partial charge in [-0.1, -0.05) is 12.1 Å². The number of benzene rings is 1. The number of nitrogens with zero attached hydrogens (tertiary/aromatic N) is 1. The summed E-state index contributed by atoms with van der Waals surface area (Å²) in [6.45, 7) is 2.33. The van der Waals surface area contributed by atoms with E-state index in [2.05, 4.69) is 5.32 Å². The molecule has 2 unspecified atom stereocenters. The van der Waals surface area contributed by atoms with E-state index in [1.165, 1.54) is 0 Å². The molecular formula is C18H24N2O3. The van der Waals surface area contributed by atoms with Crippen LogP contribution in [0.4, 0.5) is 0 Å². The van der Waals surface area contributed by atoms with Crippen LogP contribution in [0.5, 0.6) is 5.75 Å². The van der Waals surface area contributed by atoms with Gasteiger partial charge in [-0.2, -0.15) is 0 Å². The van der Waals surface area contributed by atoms with E-state index in [1.54, 1.807) is 7.11 Å². The van der Waals surface area contributed by atoms with Crippen molar-refractivity contribution >= 4 is 11.8 Å². The third-order valence-electron chi connectivity index (χ3n) is 4.73. The summed E-state index contributed by atoms with van der Waals surface area (Å²) in [6.07, 6.45) is 3.69. The molecule has 1 heterocycles. The van der Waals surface area contributed by atoms with Gasteiger partial charge in [0.1, 0.15) is 5.75 Å². The zero-order chi connectivity index (χ0) is 16.2. The lowest BCUT2D eigenvalue weighted by atomic mass is 10.1. The summed E-state index contributed by atoms with van der Waals surface area (Å²) >= 11 is 0. The minimum atomic E-state index is -0.112. The number of hydrogen-bond acceptors (Lipinski definition) is 3. The standard InChI is InChI=1S/C18H24N2O3/c1-23-14-6-4-13(5-7-14)8-9-19-17(21)15-12-16(15)18(22)20-10-2-3-11-20/h4-7,15-16H,2-3,8-12H2,1H3,(H,19,21). The molecule has 5 nitrogen and oxygen atoms in total. The van der Waals surface area contributed by atoms with E-state index in [9.17, 15) is 9.59 Å². The van der Waals surface area contributed by atoms with Gasteiger partial charge in [0.2, 0.25) is 11.8 Å². The maximum atomic E-state index is 12.2. The molecule has 1 aromatic carbocycles. The highest BCUT2D eigenvalue weighted by Crippen LogP contribution is 2.40. The predicted octanol–water partition coefficient (Wildman–Crippen LogP) is 1.61. The van der Waals surface area contributed by atoms with Crippen molar-refractivity contribution in [2.45, 2.75) is 25.7 Å². The minimum Gasteiger partial charge on any atom is -0.497 e. The molecule has 2 atom stereocenters. The molecule has 0 aromatic heterocycles.